The molecule has 174 valence electrons. The molecule has 1 unspecified atom stereocenters. The molecule has 3 heterocycles. The topological polar surface area (TPSA) is 74.0 Å². The van der Waals surface area contributed by atoms with E-state index < -0.39 is 6.03 Å². The number of urea groups is 1. The van der Waals surface area contributed by atoms with Crippen molar-refractivity contribution < 1.29 is 9.39 Å². The highest BCUT2D eigenvalue weighted by molar-refractivity contribution is 6.43. The molecule has 0 bridgehead atoms. The number of nitrogens with zero attached hydrogens (tertiary/aromatic N) is 4. The predicted molar refractivity (Wildman–Crippen MR) is 131 cm³/mol. The Morgan fingerprint density at radius 3 is 2.72 bits per heavy atom. The molecule has 9 heteroatoms. The maximum Gasteiger partial charge on any atom is 0.316 e. The Morgan fingerprint density at radius 2 is 1.94 bits per heavy atom. The molecule has 0 radical (unpaired) electrons. The summed E-state index contributed by atoms with van der Waals surface area (Å²) in [6, 6.07) is 5.33. The molecular weight excluding hydrogens is 447 g/mol. The predicted octanol–water partition coefficient (Wildman–Crippen LogP) is 4.17. The van der Waals surface area contributed by atoms with Crippen molar-refractivity contribution in [1.29, 1.82) is 0 Å². The molecule has 0 aromatic heterocycles. The first-order chi connectivity index (χ1) is 15.5. The number of rotatable bonds is 8. The van der Waals surface area contributed by atoms with Gasteiger partial charge in [0.2, 0.25) is 0 Å². The SMILES string of the molecule is NC(=O)NC1=C2CCCC[N+]2(CCCCCN2CCN(c3cccc(Cl)c3Cl)CC2)N=C1. The molecule has 2 fully saturated rings. The molecule has 2 amide bonds. The third-order valence-corrected chi connectivity index (χ3v) is 7.63. The monoisotopic (exact) mass is 479 g/mol. The van der Waals surface area contributed by atoms with Crippen molar-refractivity contribution in [2.24, 2.45) is 10.8 Å². The number of amides is 2. The summed E-state index contributed by atoms with van der Waals surface area (Å²) in [4.78, 5) is 16.2. The molecule has 1 atom stereocenters. The van der Waals surface area contributed by atoms with Crippen LogP contribution in [0.15, 0.2) is 34.7 Å². The standard InChI is InChI=1S/C23H32Cl2N6O/c24-18-7-6-8-20(22(18)25)30-13-11-29(12-14-30)10-3-1-4-15-31-16-5-2-9-21(31)19(17-27-31)28-23(26)32/h6-8,17H,1-5,9-16H2,(H2-,26,28,32)/p+1. The number of quaternary nitrogens is 1. The van der Waals surface area contributed by atoms with Gasteiger partial charge in [-0.2, -0.15) is 4.59 Å². The number of benzene rings is 1. The second-order valence-electron chi connectivity index (χ2n) is 8.88. The van der Waals surface area contributed by atoms with E-state index in [1.165, 1.54) is 25.0 Å². The number of allylic oxidation sites excluding steroid dienone is 2. The van der Waals surface area contributed by atoms with E-state index in [0.29, 0.717) is 14.6 Å². The molecule has 1 aromatic rings. The maximum atomic E-state index is 11.3. The van der Waals surface area contributed by atoms with E-state index in [2.05, 4.69) is 15.1 Å². The summed E-state index contributed by atoms with van der Waals surface area (Å²) >= 11 is 12.6. The average molecular weight is 480 g/mol. The number of anilines is 1. The Kier molecular flexibility index (Phi) is 7.61. The molecule has 2 saturated heterocycles. The van der Waals surface area contributed by atoms with Crippen molar-refractivity contribution in [3.05, 3.63) is 39.6 Å². The van der Waals surface area contributed by atoms with Gasteiger partial charge < -0.3 is 16.0 Å². The summed E-state index contributed by atoms with van der Waals surface area (Å²) in [5.41, 5.74) is 8.41. The highest BCUT2D eigenvalue weighted by Crippen LogP contribution is 2.36. The summed E-state index contributed by atoms with van der Waals surface area (Å²) in [5, 5.41) is 8.82. The van der Waals surface area contributed by atoms with Crippen LogP contribution >= 0.6 is 23.2 Å². The Bertz CT molecular complexity index is 896. The van der Waals surface area contributed by atoms with E-state index in [0.717, 1.165) is 76.5 Å². The summed E-state index contributed by atoms with van der Waals surface area (Å²) in [6.07, 6.45) is 8.60. The van der Waals surface area contributed by atoms with Crippen LogP contribution in [-0.2, 0) is 0 Å². The van der Waals surface area contributed by atoms with Crippen LogP contribution in [0.5, 0.6) is 0 Å². The van der Waals surface area contributed by atoms with Gasteiger partial charge >= 0.3 is 6.03 Å². The smallest absolute Gasteiger partial charge is 0.316 e. The molecule has 3 N–H and O–H groups in total. The lowest BCUT2D eigenvalue weighted by molar-refractivity contribution is -0.901. The van der Waals surface area contributed by atoms with Crippen LogP contribution in [-0.4, -0.2) is 67.6 Å². The molecule has 32 heavy (non-hydrogen) atoms. The van der Waals surface area contributed by atoms with Gasteiger partial charge in [-0.05, 0) is 50.8 Å². The normalized spacial score (nSPS) is 23.5. The van der Waals surface area contributed by atoms with E-state index in [4.69, 9.17) is 34.0 Å². The van der Waals surface area contributed by atoms with Crippen LogP contribution in [0, 0.1) is 0 Å². The fourth-order valence-corrected chi connectivity index (χ4v) is 5.53. The number of primary amides is 1. The third-order valence-electron chi connectivity index (χ3n) is 6.82. The molecule has 3 aliphatic heterocycles. The van der Waals surface area contributed by atoms with Gasteiger partial charge in [-0.3, -0.25) is 4.90 Å². The minimum Gasteiger partial charge on any atom is -0.368 e. The number of nitrogens with two attached hydrogens (primary N) is 1. The zero-order valence-electron chi connectivity index (χ0n) is 18.5. The molecule has 7 nitrogen and oxygen atoms in total. The number of fused-ring (bicyclic) bond motifs is 1. The van der Waals surface area contributed by atoms with E-state index in [1.807, 2.05) is 18.2 Å². The van der Waals surface area contributed by atoms with Gasteiger partial charge in [0.1, 0.15) is 25.0 Å². The zero-order chi connectivity index (χ0) is 22.6. The Hall–Kier alpha value is -1.80. The first-order valence-electron chi connectivity index (χ1n) is 11.6. The summed E-state index contributed by atoms with van der Waals surface area (Å²) in [7, 11) is 0. The number of nitrogens with one attached hydrogen (secondary N) is 1. The number of carbonyl (C=O) groups excluding carboxylic acids is 1. The second kappa shape index (κ2) is 10.4. The first-order valence-corrected chi connectivity index (χ1v) is 12.4. The summed E-state index contributed by atoms with van der Waals surface area (Å²) in [6.45, 7) is 7.17. The largest absolute Gasteiger partial charge is 0.368 e. The highest BCUT2D eigenvalue weighted by atomic mass is 35.5. The second-order valence-corrected chi connectivity index (χ2v) is 9.67. The number of carbonyl (C=O) groups is 1. The van der Waals surface area contributed by atoms with Crippen molar-refractivity contribution in [1.82, 2.24) is 10.2 Å². The third kappa shape index (κ3) is 5.22. The van der Waals surface area contributed by atoms with Gasteiger partial charge in [-0.25, -0.2) is 4.79 Å². The Labute approximate surface area is 200 Å². The minimum atomic E-state index is -0.512. The number of hydrogen-bond donors (Lipinski definition) is 2. The molecule has 1 aromatic carbocycles. The summed E-state index contributed by atoms with van der Waals surface area (Å²) in [5.74, 6) is 0. The Morgan fingerprint density at radius 1 is 1.12 bits per heavy atom. The molecule has 4 rings (SSSR count). The number of halogens is 2. The lowest BCUT2D eigenvalue weighted by Gasteiger charge is -2.37. The number of hydrogen-bond acceptors (Lipinski definition) is 4. The van der Waals surface area contributed by atoms with Gasteiger partial charge in [0.25, 0.3) is 0 Å². The van der Waals surface area contributed by atoms with Gasteiger partial charge in [0, 0.05) is 32.6 Å². The van der Waals surface area contributed by atoms with Crippen LogP contribution < -0.4 is 16.0 Å². The van der Waals surface area contributed by atoms with Crippen LogP contribution in [0.25, 0.3) is 0 Å². The van der Waals surface area contributed by atoms with Crippen molar-refractivity contribution in [2.45, 2.75) is 38.5 Å². The van der Waals surface area contributed by atoms with Crippen molar-refractivity contribution in [3.8, 4) is 0 Å². The van der Waals surface area contributed by atoms with E-state index >= 15 is 0 Å². The van der Waals surface area contributed by atoms with Crippen molar-refractivity contribution in [2.75, 3.05) is 50.7 Å². The minimum absolute atomic E-state index is 0.512. The average Bonchev–Trinajstić information content (AvgIpc) is 3.14. The lowest BCUT2D eigenvalue weighted by Crippen LogP contribution is -2.47. The molecule has 0 aliphatic carbocycles. The van der Waals surface area contributed by atoms with Gasteiger partial charge in [-0.1, -0.05) is 34.4 Å². The van der Waals surface area contributed by atoms with Crippen LogP contribution in [0.1, 0.15) is 38.5 Å². The fourth-order valence-electron chi connectivity index (χ4n) is 5.11. The fraction of sp³-hybridized carbons (Fsp3) is 0.565. The first kappa shape index (κ1) is 23.4. The molecule has 0 spiro atoms. The zero-order valence-corrected chi connectivity index (χ0v) is 20.0. The van der Waals surface area contributed by atoms with Crippen molar-refractivity contribution in [3.63, 3.8) is 0 Å². The van der Waals surface area contributed by atoms with Gasteiger partial charge in [-0.15, -0.1) is 0 Å². The van der Waals surface area contributed by atoms with Gasteiger partial charge in [0.05, 0.1) is 15.7 Å². The van der Waals surface area contributed by atoms with Crippen molar-refractivity contribution >= 4 is 41.1 Å². The van der Waals surface area contributed by atoms with Crippen LogP contribution in [0.2, 0.25) is 10.0 Å². The quantitative estimate of drug-likeness (QED) is 0.434. The Balaban J connectivity index is 1.20. The van der Waals surface area contributed by atoms with Crippen LogP contribution in [0.3, 0.4) is 0 Å². The highest BCUT2D eigenvalue weighted by Gasteiger charge is 2.41. The molecule has 0 saturated carbocycles. The molecular formula is C23H33Cl2N6O+. The number of piperazine rings is 1. The summed E-state index contributed by atoms with van der Waals surface area (Å²) < 4.78 is 0.661. The number of unbranched alkanes of at least 4 members (excludes halogenated alkanes) is 2. The van der Waals surface area contributed by atoms with Gasteiger partial charge in [0.15, 0.2) is 5.70 Å². The van der Waals surface area contributed by atoms with E-state index in [1.54, 1.807) is 6.21 Å². The van der Waals surface area contributed by atoms with Crippen LogP contribution in [0.4, 0.5) is 10.5 Å². The van der Waals surface area contributed by atoms with E-state index in [9.17, 15) is 4.79 Å². The maximum absolute atomic E-state index is 11.3. The van der Waals surface area contributed by atoms with E-state index in [-0.39, 0.29) is 0 Å². The number of piperidine rings is 1. The molecule has 3 aliphatic rings. The lowest BCUT2D eigenvalue weighted by atomic mass is 10.0.